The Morgan fingerprint density at radius 2 is 1.90 bits per heavy atom. The van der Waals surface area contributed by atoms with Crippen LogP contribution in [-0.2, 0) is 16.6 Å². The van der Waals surface area contributed by atoms with Gasteiger partial charge in [-0.15, -0.1) is 0 Å². The van der Waals surface area contributed by atoms with E-state index in [0.717, 1.165) is 18.7 Å². The van der Waals surface area contributed by atoms with Crippen LogP contribution in [0.1, 0.15) is 24.9 Å². The number of hydrogen-bond acceptors (Lipinski definition) is 4. The summed E-state index contributed by atoms with van der Waals surface area (Å²) >= 11 is 0. The first-order valence-electron chi connectivity index (χ1n) is 6.91. The maximum Gasteiger partial charge on any atom is 0.243 e. The summed E-state index contributed by atoms with van der Waals surface area (Å²) in [7, 11) is -3.58. The van der Waals surface area contributed by atoms with Gasteiger partial charge >= 0.3 is 0 Å². The number of nitrogens with one attached hydrogen (secondary N) is 2. The number of rotatable bonds is 7. The van der Waals surface area contributed by atoms with Gasteiger partial charge in [0.1, 0.15) is 16.4 Å². The van der Waals surface area contributed by atoms with Crippen LogP contribution in [0.15, 0.2) is 45.7 Å². The predicted octanol–water partition coefficient (Wildman–Crippen LogP) is 2.89. The average molecular weight is 308 g/mol. The highest BCUT2D eigenvalue weighted by Gasteiger charge is 2.18. The van der Waals surface area contributed by atoms with Crippen molar-refractivity contribution in [2.24, 2.45) is 0 Å². The van der Waals surface area contributed by atoms with Gasteiger partial charge in [0, 0.05) is 6.54 Å². The lowest BCUT2D eigenvalue weighted by molar-refractivity contribution is 0.475. The van der Waals surface area contributed by atoms with Crippen molar-refractivity contribution in [3.05, 3.63) is 47.9 Å². The molecular weight excluding hydrogens is 288 g/mol. The largest absolute Gasteiger partial charge is 0.465 e. The predicted molar refractivity (Wildman–Crippen MR) is 82.7 cm³/mol. The topological polar surface area (TPSA) is 71.3 Å². The summed E-state index contributed by atoms with van der Waals surface area (Å²) in [6.07, 6.45) is 0.924. The number of aryl methyl sites for hydroxylation is 1. The molecule has 2 aromatic rings. The van der Waals surface area contributed by atoms with Gasteiger partial charge in [0.05, 0.1) is 12.2 Å². The third kappa shape index (κ3) is 4.09. The molecule has 0 aliphatic carbocycles. The summed E-state index contributed by atoms with van der Waals surface area (Å²) in [6.45, 7) is 4.71. The second-order valence-electron chi connectivity index (χ2n) is 4.76. The van der Waals surface area contributed by atoms with Gasteiger partial charge in [-0.3, -0.25) is 0 Å². The number of furan rings is 1. The number of hydrogen-bond donors (Lipinski definition) is 2. The van der Waals surface area contributed by atoms with Crippen LogP contribution in [-0.4, -0.2) is 15.0 Å². The zero-order valence-corrected chi connectivity index (χ0v) is 13.0. The molecule has 0 atom stereocenters. The van der Waals surface area contributed by atoms with E-state index in [0.29, 0.717) is 11.4 Å². The highest BCUT2D eigenvalue weighted by molar-refractivity contribution is 7.89. The Labute approximate surface area is 125 Å². The molecule has 6 heteroatoms. The Bertz CT molecular complexity index is 692. The number of anilines is 1. The zero-order chi connectivity index (χ0) is 15.3. The van der Waals surface area contributed by atoms with Gasteiger partial charge in [0.25, 0.3) is 0 Å². The van der Waals surface area contributed by atoms with Crippen LogP contribution in [0.25, 0.3) is 0 Å². The molecule has 0 spiro atoms. The lowest BCUT2D eigenvalue weighted by Crippen LogP contribution is -2.24. The average Bonchev–Trinajstić information content (AvgIpc) is 2.89. The van der Waals surface area contributed by atoms with Crippen molar-refractivity contribution in [3.8, 4) is 0 Å². The van der Waals surface area contributed by atoms with E-state index in [-0.39, 0.29) is 11.4 Å². The number of sulfonamides is 1. The quantitative estimate of drug-likeness (QED) is 0.825. The molecule has 0 bridgehead atoms. The zero-order valence-electron chi connectivity index (χ0n) is 12.2. The maximum absolute atomic E-state index is 12.4. The Morgan fingerprint density at radius 1 is 1.14 bits per heavy atom. The van der Waals surface area contributed by atoms with E-state index in [1.807, 2.05) is 19.9 Å². The second kappa shape index (κ2) is 6.78. The molecule has 1 aromatic heterocycles. The lowest BCUT2D eigenvalue weighted by atomic mass is 10.3. The van der Waals surface area contributed by atoms with E-state index >= 15 is 0 Å². The monoisotopic (exact) mass is 308 g/mol. The van der Waals surface area contributed by atoms with Crippen molar-refractivity contribution in [1.29, 1.82) is 0 Å². The summed E-state index contributed by atoms with van der Waals surface area (Å²) in [5.74, 6) is 1.35. The van der Waals surface area contributed by atoms with Crippen LogP contribution in [0.3, 0.4) is 0 Å². The molecule has 0 aliphatic heterocycles. The molecule has 0 radical (unpaired) electrons. The smallest absolute Gasteiger partial charge is 0.243 e. The molecule has 0 fully saturated rings. The molecule has 21 heavy (non-hydrogen) atoms. The molecule has 0 unspecified atom stereocenters. The summed E-state index contributed by atoms with van der Waals surface area (Å²) in [5, 5.41) is 3.13. The Balaban J connectivity index is 2.15. The van der Waals surface area contributed by atoms with E-state index in [1.54, 1.807) is 30.3 Å². The van der Waals surface area contributed by atoms with Gasteiger partial charge in [-0.1, -0.05) is 19.1 Å². The van der Waals surface area contributed by atoms with Crippen LogP contribution in [0.4, 0.5) is 5.69 Å². The first kappa shape index (κ1) is 15.6. The van der Waals surface area contributed by atoms with E-state index in [9.17, 15) is 8.42 Å². The molecule has 114 valence electrons. The summed E-state index contributed by atoms with van der Waals surface area (Å²) in [5.41, 5.74) is 0.613. The van der Waals surface area contributed by atoms with Crippen LogP contribution in [0, 0.1) is 6.92 Å². The highest BCUT2D eigenvalue weighted by atomic mass is 32.2. The van der Waals surface area contributed by atoms with E-state index in [2.05, 4.69) is 10.0 Å². The van der Waals surface area contributed by atoms with Crippen molar-refractivity contribution in [3.63, 3.8) is 0 Å². The molecule has 0 aliphatic rings. The van der Waals surface area contributed by atoms with Gasteiger partial charge in [-0.2, -0.15) is 0 Å². The van der Waals surface area contributed by atoms with E-state index < -0.39 is 10.0 Å². The third-order valence-corrected chi connectivity index (χ3v) is 4.43. The molecular formula is C15H20N2O3S. The second-order valence-corrected chi connectivity index (χ2v) is 6.50. The van der Waals surface area contributed by atoms with Crippen LogP contribution >= 0.6 is 0 Å². The van der Waals surface area contributed by atoms with Gasteiger partial charge in [-0.25, -0.2) is 13.1 Å². The van der Waals surface area contributed by atoms with E-state index in [1.165, 1.54) is 0 Å². The maximum atomic E-state index is 12.4. The SMILES string of the molecule is CCCNc1ccccc1S(=O)(=O)NCc1ccc(C)o1. The number of para-hydroxylation sites is 1. The van der Waals surface area contributed by atoms with Crippen LogP contribution in [0.2, 0.25) is 0 Å². The first-order valence-corrected chi connectivity index (χ1v) is 8.39. The fourth-order valence-corrected chi connectivity index (χ4v) is 3.11. The summed E-state index contributed by atoms with van der Waals surface area (Å²) in [6, 6.07) is 10.4. The minimum absolute atomic E-state index is 0.137. The summed E-state index contributed by atoms with van der Waals surface area (Å²) in [4.78, 5) is 0.252. The standard InChI is InChI=1S/C15H20N2O3S/c1-3-10-16-14-6-4-5-7-15(14)21(18,19)17-11-13-9-8-12(2)20-13/h4-9,16-17H,3,10-11H2,1-2H3. The summed E-state index contributed by atoms with van der Waals surface area (Å²) < 4.78 is 32.7. The van der Waals surface area contributed by atoms with Crippen LogP contribution in [0.5, 0.6) is 0 Å². The minimum Gasteiger partial charge on any atom is -0.465 e. The van der Waals surface area contributed by atoms with Crippen molar-refractivity contribution in [1.82, 2.24) is 4.72 Å². The van der Waals surface area contributed by atoms with Gasteiger partial charge in [0.2, 0.25) is 10.0 Å². The first-order chi connectivity index (χ1) is 10.0. The molecule has 2 N–H and O–H groups in total. The van der Waals surface area contributed by atoms with Crippen LogP contribution < -0.4 is 10.0 Å². The normalized spacial score (nSPS) is 11.5. The van der Waals surface area contributed by atoms with E-state index in [4.69, 9.17) is 4.42 Å². The number of benzene rings is 1. The Kier molecular flexibility index (Phi) is 5.03. The van der Waals surface area contributed by atoms with Gasteiger partial charge < -0.3 is 9.73 Å². The molecule has 0 saturated carbocycles. The molecule has 2 rings (SSSR count). The van der Waals surface area contributed by atoms with Gasteiger partial charge in [0.15, 0.2) is 0 Å². The van der Waals surface area contributed by atoms with Crippen molar-refractivity contribution >= 4 is 15.7 Å². The molecule has 1 heterocycles. The Morgan fingerprint density at radius 3 is 2.57 bits per heavy atom. The lowest BCUT2D eigenvalue weighted by Gasteiger charge is -2.12. The minimum atomic E-state index is -3.58. The Hall–Kier alpha value is -1.79. The fourth-order valence-electron chi connectivity index (χ4n) is 1.93. The van der Waals surface area contributed by atoms with Crippen molar-refractivity contribution in [2.75, 3.05) is 11.9 Å². The van der Waals surface area contributed by atoms with Crippen molar-refractivity contribution in [2.45, 2.75) is 31.7 Å². The highest BCUT2D eigenvalue weighted by Crippen LogP contribution is 2.21. The molecule has 5 nitrogen and oxygen atoms in total. The fraction of sp³-hybridized carbons (Fsp3) is 0.333. The molecule has 0 saturated heterocycles. The van der Waals surface area contributed by atoms with Gasteiger partial charge in [-0.05, 0) is 37.6 Å². The van der Waals surface area contributed by atoms with Crippen molar-refractivity contribution < 1.29 is 12.8 Å². The third-order valence-electron chi connectivity index (χ3n) is 2.97. The molecule has 0 amide bonds. The molecule has 1 aromatic carbocycles.